The van der Waals surface area contributed by atoms with Crippen molar-refractivity contribution in [2.24, 2.45) is 23.7 Å². The van der Waals surface area contributed by atoms with Crippen LogP contribution in [0.4, 0.5) is 10.1 Å². The standard InChI is InChI=1S/C33H40ClFN2O5S/c1-19-20(2)43(39,40)36-33(38)22-8-10-31-30(15-22)37(17-23-7-9-27(23)32(41-3)25-12-24(19)13-25)18-28-21(6-4-5-11-42-31)14-26(34)16-29(28)35/h8,10,12,14-16,19-20,23-24,27,32H,4-7,9,11,13,17-18H2,1-3H3,(H,36,38)/t19-,20-,23+,24?,27-,32+/m1/s1. The van der Waals surface area contributed by atoms with E-state index in [1.807, 2.05) is 13.0 Å². The van der Waals surface area contributed by atoms with E-state index in [0.717, 1.165) is 37.7 Å². The summed E-state index contributed by atoms with van der Waals surface area (Å²) in [5, 5.41) is -0.398. The van der Waals surface area contributed by atoms with Crippen molar-refractivity contribution in [1.29, 1.82) is 0 Å². The number of fused-ring (bicyclic) bond motifs is 5. The van der Waals surface area contributed by atoms with Crippen LogP contribution >= 0.6 is 11.6 Å². The van der Waals surface area contributed by atoms with Crippen molar-refractivity contribution in [2.75, 3.05) is 25.2 Å². The van der Waals surface area contributed by atoms with Gasteiger partial charge in [0.25, 0.3) is 5.91 Å². The van der Waals surface area contributed by atoms with E-state index < -0.39 is 21.2 Å². The van der Waals surface area contributed by atoms with Crippen LogP contribution in [0.1, 0.15) is 67.4 Å². The molecule has 10 heteroatoms. The Labute approximate surface area is 258 Å². The highest BCUT2D eigenvalue weighted by atomic mass is 35.5. The minimum absolute atomic E-state index is 0.0458. The van der Waals surface area contributed by atoms with E-state index in [9.17, 15) is 13.2 Å². The zero-order valence-corrected chi connectivity index (χ0v) is 26.5. The zero-order valence-electron chi connectivity index (χ0n) is 24.9. The number of ether oxygens (including phenoxy) is 2. The average Bonchev–Trinajstić information content (AvgIpc) is 2.95. The number of aryl methyl sites for hydroxylation is 1. The van der Waals surface area contributed by atoms with Gasteiger partial charge in [-0.1, -0.05) is 24.6 Å². The zero-order chi connectivity index (χ0) is 30.5. The van der Waals surface area contributed by atoms with Crippen molar-refractivity contribution in [2.45, 2.75) is 70.3 Å². The fraction of sp³-hybridized carbons (Fsp3) is 0.545. The lowest BCUT2D eigenvalue weighted by molar-refractivity contribution is -0.000342. The molecule has 1 amide bonds. The summed E-state index contributed by atoms with van der Waals surface area (Å²) in [7, 11) is -2.20. The third-order valence-corrected chi connectivity index (χ3v) is 12.3. The Bertz CT molecular complexity index is 1550. The molecule has 232 valence electrons. The van der Waals surface area contributed by atoms with Crippen molar-refractivity contribution < 1.29 is 27.1 Å². The molecule has 7 nitrogen and oxygen atoms in total. The second kappa shape index (κ2) is 12.1. The maximum atomic E-state index is 15.6. The van der Waals surface area contributed by atoms with Gasteiger partial charge in [0.1, 0.15) is 11.6 Å². The maximum Gasteiger partial charge on any atom is 0.264 e. The van der Waals surface area contributed by atoms with Crippen LogP contribution in [0.3, 0.4) is 0 Å². The number of carbonyl (C=O) groups excluding carboxylic acids is 1. The van der Waals surface area contributed by atoms with Gasteiger partial charge < -0.3 is 14.4 Å². The molecule has 1 saturated carbocycles. The van der Waals surface area contributed by atoms with Crippen LogP contribution in [-0.2, 0) is 27.7 Å². The summed E-state index contributed by atoms with van der Waals surface area (Å²) < 4.78 is 56.9. The second-order valence-corrected chi connectivity index (χ2v) is 15.2. The summed E-state index contributed by atoms with van der Waals surface area (Å²) in [5.41, 5.74) is 3.51. The van der Waals surface area contributed by atoms with Crippen molar-refractivity contribution in [3.63, 3.8) is 0 Å². The first-order valence-electron chi connectivity index (χ1n) is 15.3. The summed E-state index contributed by atoms with van der Waals surface area (Å²) in [4.78, 5) is 15.5. The fourth-order valence-corrected chi connectivity index (χ4v) is 8.76. The van der Waals surface area contributed by atoms with E-state index in [0.29, 0.717) is 41.6 Å². The quantitative estimate of drug-likeness (QED) is 0.373. The Hall–Kier alpha value is -2.62. The molecule has 5 aliphatic rings. The number of benzene rings is 2. The Morgan fingerprint density at radius 2 is 1.93 bits per heavy atom. The third-order valence-electron chi connectivity index (χ3n) is 10.2. The molecular formula is C33H40ClFN2O5S. The average molecular weight is 631 g/mol. The first-order chi connectivity index (χ1) is 20.6. The summed E-state index contributed by atoms with van der Waals surface area (Å²) in [6, 6.07) is 8.22. The van der Waals surface area contributed by atoms with Gasteiger partial charge >= 0.3 is 0 Å². The number of rotatable bonds is 1. The Morgan fingerprint density at radius 1 is 1.14 bits per heavy atom. The molecule has 2 aromatic carbocycles. The maximum absolute atomic E-state index is 15.6. The number of hydrogen-bond donors (Lipinski definition) is 1. The monoisotopic (exact) mass is 630 g/mol. The molecular weight excluding hydrogens is 591 g/mol. The predicted molar refractivity (Wildman–Crippen MR) is 166 cm³/mol. The molecule has 7 rings (SSSR count). The number of nitrogens with one attached hydrogen (secondary N) is 1. The first-order valence-corrected chi connectivity index (χ1v) is 17.3. The van der Waals surface area contributed by atoms with Crippen molar-refractivity contribution in [3.05, 3.63) is 69.5 Å². The molecule has 4 bridgehead atoms. The summed E-state index contributed by atoms with van der Waals surface area (Å²) in [6.07, 6.45) is 7.18. The Balaban J connectivity index is 1.47. The van der Waals surface area contributed by atoms with Crippen molar-refractivity contribution >= 4 is 33.2 Å². The molecule has 6 atom stereocenters. The Morgan fingerprint density at radius 3 is 2.65 bits per heavy atom. The number of methoxy groups -OCH3 is 1. The lowest BCUT2D eigenvalue weighted by Gasteiger charge is -2.47. The number of sulfonamides is 1. The van der Waals surface area contributed by atoms with Gasteiger partial charge in [0.05, 0.1) is 23.6 Å². The number of nitrogens with zero attached hydrogens (tertiary/aromatic N) is 1. The van der Waals surface area contributed by atoms with Crippen molar-refractivity contribution in [1.82, 2.24) is 4.72 Å². The van der Waals surface area contributed by atoms with Crippen LogP contribution in [0.15, 0.2) is 42.0 Å². The number of anilines is 1. The highest BCUT2D eigenvalue weighted by Gasteiger charge is 2.44. The molecule has 2 aliphatic carbocycles. The molecule has 2 aromatic rings. The number of carbonyl (C=O) groups is 1. The largest absolute Gasteiger partial charge is 0.491 e. The van der Waals surface area contributed by atoms with E-state index in [1.165, 1.54) is 11.6 Å². The topological polar surface area (TPSA) is 84.9 Å². The van der Waals surface area contributed by atoms with E-state index >= 15 is 4.39 Å². The van der Waals surface area contributed by atoms with Gasteiger partial charge in [-0.15, -0.1) is 0 Å². The minimum atomic E-state index is -3.95. The molecule has 1 fully saturated rings. The van der Waals surface area contributed by atoms with E-state index in [2.05, 4.69) is 15.7 Å². The SMILES string of the molecule is CO[C@H]1C2=CC(C2)[C@H](C)[C@@H](C)S(=O)(=O)NC(=O)c2ccc3c(c2)N(Cc2c(F)cc(Cl)cc2CCCCO3)C[C@@H]2CC[C@H]21. The molecule has 3 aliphatic heterocycles. The van der Waals surface area contributed by atoms with Crippen LogP contribution in [0.2, 0.25) is 5.02 Å². The van der Waals surface area contributed by atoms with Crippen LogP contribution in [-0.4, -0.2) is 45.9 Å². The number of amides is 1. The van der Waals surface area contributed by atoms with Crippen molar-refractivity contribution in [3.8, 4) is 5.75 Å². The minimum Gasteiger partial charge on any atom is -0.491 e. The lowest BCUT2D eigenvalue weighted by Crippen LogP contribution is -2.47. The third kappa shape index (κ3) is 5.92. The van der Waals surface area contributed by atoms with Crippen LogP contribution < -0.4 is 14.4 Å². The number of halogens is 2. The van der Waals surface area contributed by atoms with Gasteiger partial charge in [-0.2, -0.15) is 0 Å². The van der Waals surface area contributed by atoms with E-state index in [4.69, 9.17) is 21.1 Å². The summed E-state index contributed by atoms with van der Waals surface area (Å²) in [6.45, 7) is 4.92. The van der Waals surface area contributed by atoms with E-state index in [1.54, 1.807) is 32.2 Å². The van der Waals surface area contributed by atoms with Crippen LogP contribution in [0.5, 0.6) is 5.75 Å². The molecule has 0 spiro atoms. The summed E-state index contributed by atoms with van der Waals surface area (Å²) >= 11 is 6.29. The molecule has 0 saturated heterocycles. The first kappa shape index (κ1) is 30.4. The van der Waals surface area contributed by atoms with Crippen LogP contribution in [0, 0.1) is 29.5 Å². The fourth-order valence-electron chi connectivity index (χ4n) is 7.20. The van der Waals surface area contributed by atoms with Gasteiger partial charge in [-0.05, 0) is 111 Å². The second-order valence-electron chi connectivity index (χ2n) is 12.7. The summed E-state index contributed by atoms with van der Waals surface area (Å²) in [5.74, 6) is 0.0351. The highest BCUT2D eigenvalue weighted by molar-refractivity contribution is 7.90. The Kier molecular flexibility index (Phi) is 8.52. The normalized spacial score (nSPS) is 30.6. The number of allylic oxidation sites excluding steroid dienone is 1. The predicted octanol–water partition coefficient (Wildman–Crippen LogP) is 6.29. The number of hydrogen-bond acceptors (Lipinski definition) is 6. The molecule has 43 heavy (non-hydrogen) atoms. The highest BCUT2D eigenvalue weighted by Crippen LogP contribution is 2.47. The van der Waals surface area contributed by atoms with Crippen LogP contribution in [0.25, 0.3) is 0 Å². The molecule has 0 aromatic heterocycles. The van der Waals surface area contributed by atoms with Gasteiger partial charge in [-0.25, -0.2) is 17.5 Å². The lowest BCUT2D eigenvalue weighted by atomic mass is 9.64. The smallest absolute Gasteiger partial charge is 0.264 e. The molecule has 1 N–H and O–H groups in total. The molecule has 0 radical (unpaired) electrons. The van der Waals surface area contributed by atoms with E-state index in [-0.39, 0.29) is 47.7 Å². The molecule has 3 heterocycles. The van der Waals surface area contributed by atoms with Gasteiger partial charge in [0, 0.05) is 36.3 Å². The van der Waals surface area contributed by atoms with Gasteiger partial charge in [0.15, 0.2) is 0 Å². The van der Waals surface area contributed by atoms with Gasteiger partial charge in [-0.3, -0.25) is 4.79 Å². The molecule has 1 unspecified atom stereocenters. The van der Waals surface area contributed by atoms with Gasteiger partial charge in [0.2, 0.25) is 10.0 Å².